The molecule has 0 heterocycles. The zero-order valence-electron chi connectivity index (χ0n) is 10.4. The van der Waals surface area contributed by atoms with Crippen LogP contribution in [-0.4, -0.2) is 25.4 Å². The van der Waals surface area contributed by atoms with Gasteiger partial charge in [-0.25, -0.2) is 0 Å². The lowest BCUT2D eigenvalue weighted by molar-refractivity contribution is 0.195. The van der Waals surface area contributed by atoms with Crippen LogP contribution in [0.3, 0.4) is 0 Å². The third kappa shape index (κ3) is 2.89. The van der Waals surface area contributed by atoms with Gasteiger partial charge < -0.3 is 14.6 Å². The van der Waals surface area contributed by atoms with E-state index in [0.29, 0.717) is 6.42 Å². The second-order valence-corrected chi connectivity index (χ2v) is 3.88. The van der Waals surface area contributed by atoms with E-state index in [-0.39, 0.29) is 6.10 Å². The van der Waals surface area contributed by atoms with E-state index in [1.807, 2.05) is 12.1 Å². The highest BCUT2D eigenvalue weighted by Gasteiger charge is 2.11. The van der Waals surface area contributed by atoms with E-state index in [4.69, 9.17) is 9.47 Å². The quantitative estimate of drug-likeness (QED) is 0.833. The summed E-state index contributed by atoms with van der Waals surface area (Å²) >= 11 is 0. The van der Waals surface area contributed by atoms with Gasteiger partial charge in [0.05, 0.1) is 20.3 Å². The van der Waals surface area contributed by atoms with Crippen molar-refractivity contribution in [1.82, 2.24) is 0 Å². The Morgan fingerprint density at radius 1 is 1.12 bits per heavy atom. The van der Waals surface area contributed by atoms with Crippen molar-refractivity contribution in [2.24, 2.45) is 0 Å². The van der Waals surface area contributed by atoms with E-state index < -0.39 is 0 Å². The molecule has 1 atom stereocenters. The summed E-state index contributed by atoms with van der Waals surface area (Å²) in [5, 5.41) is 9.44. The first-order valence-electron chi connectivity index (χ1n) is 5.54. The van der Waals surface area contributed by atoms with Gasteiger partial charge in [0.15, 0.2) is 11.5 Å². The average Bonchev–Trinajstić information content (AvgIpc) is 2.27. The molecule has 16 heavy (non-hydrogen) atoms. The minimum Gasteiger partial charge on any atom is -0.493 e. The smallest absolute Gasteiger partial charge is 0.161 e. The standard InChI is InChI=1S/C13H20O3/c1-5-10-7-12(15-3)13(16-4)8-11(10)6-9(2)14/h7-9,14H,5-6H2,1-4H3. The monoisotopic (exact) mass is 224 g/mol. The van der Waals surface area contributed by atoms with Crippen molar-refractivity contribution in [2.45, 2.75) is 32.8 Å². The lowest BCUT2D eigenvalue weighted by Crippen LogP contribution is -2.07. The summed E-state index contributed by atoms with van der Waals surface area (Å²) in [5.74, 6) is 1.46. The Kier molecular flexibility index (Phi) is 4.62. The Morgan fingerprint density at radius 2 is 1.62 bits per heavy atom. The third-order valence-corrected chi connectivity index (χ3v) is 2.60. The van der Waals surface area contributed by atoms with E-state index >= 15 is 0 Å². The molecule has 1 aromatic rings. The summed E-state index contributed by atoms with van der Waals surface area (Å²) in [7, 11) is 3.25. The summed E-state index contributed by atoms with van der Waals surface area (Å²) in [5.41, 5.74) is 2.31. The minimum atomic E-state index is -0.344. The van der Waals surface area contributed by atoms with E-state index in [1.54, 1.807) is 21.1 Å². The number of ether oxygens (including phenoxy) is 2. The van der Waals surface area contributed by atoms with E-state index in [2.05, 4.69) is 6.92 Å². The molecule has 0 spiro atoms. The van der Waals surface area contributed by atoms with Gasteiger partial charge >= 0.3 is 0 Å². The average molecular weight is 224 g/mol. The van der Waals surface area contributed by atoms with Crippen LogP contribution in [0.2, 0.25) is 0 Å². The number of benzene rings is 1. The van der Waals surface area contributed by atoms with Crippen molar-refractivity contribution in [3.8, 4) is 11.5 Å². The molecule has 0 aliphatic heterocycles. The van der Waals surface area contributed by atoms with Crippen molar-refractivity contribution >= 4 is 0 Å². The fraction of sp³-hybridized carbons (Fsp3) is 0.538. The molecule has 3 heteroatoms. The van der Waals surface area contributed by atoms with Crippen LogP contribution in [0, 0.1) is 0 Å². The first-order chi connectivity index (χ1) is 7.62. The summed E-state index contributed by atoms with van der Waals surface area (Å²) < 4.78 is 10.5. The predicted molar refractivity (Wildman–Crippen MR) is 64.3 cm³/mol. The molecule has 0 radical (unpaired) electrons. The molecular weight excluding hydrogens is 204 g/mol. The summed E-state index contributed by atoms with van der Waals surface area (Å²) in [4.78, 5) is 0. The molecule has 1 unspecified atom stereocenters. The summed E-state index contributed by atoms with van der Waals surface area (Å²) in [6.45, 7) is 3.88. The molecule has 0 aliphatic carbocycles. The Hall–Kier alpha value is -1.22. The number of aliphatic hydroxyl groups is 1. The molecule has 3 nitrogen and oxygen atoms in total. The Balaban J connectivity index is 3.15. The first kappa shape index (κ1) is 12.8. The number of hydrogen-bond donors (Lipinski definition) is 1. The van der Waals surface area contributed by atoms with Gasteiger partial charge in [0.2, 0.25) is 0 Å². The summed E-state index contributed by atoms with van der Waals surface area (Å²) in [6, 6.07) is 3.93. The highest BCUT2D eigenvalue weighted by Crippen LogP contribution is 2.31. The molecule has 0 amide bonds. The van der Waals surface area contributed by atoms with Crippen LogP contribution >= 0.6 is 0 Å². The number of aryl methyl sites for hydroxylation is 1. The zero-order chi connectivity index (χ0) is 12.1. The maximum atomic E-state index is 9.44. The number of methoxy groups -OCH3 is 2. The van der Waals surface area contributed by atoms with Gasteiger partial charge in [-0.05, 0) is 43.0 Å². The maximum Gasteiger partial charge on any atom is 0.161 e. The van der Waals surface area contributed by atoms with E-state index in [0.717, 1.165) is 23.5 Å². The molecule has 1 aromatic carbocycles. The molecule has 0 fully saturated rings. The topological polar surface area (TPSA) is 38.7 Å². The molecule has 0 aliphatic rings. The van der Waals surface area contributed by atoms with Crippen LogP contribution in [0.1, 0.15) is 25.0 Å². The van der Waals surface area contributed by atoms with Gasteiger partial charge in [0.25, 0.3) is 0 Å². The normalized spacial score (nSPS) is 12.3. The predicted octanol–water partition coefficient (Wildman–Crippen LogP) is 2.19. The zero-order valence-corrected chi connectivity index (χ0v) is 10.4. The van der Waals surface area contributed by atoms with Crippen molar-refractivity contribution in [3.05, 3.63) is 23.3 Å². The number of rotatable bonds is 5. The molecule has 90 valence electrons. The van der Waals surface area contributed by atoms with Crippen molar-refractivity contribution in [1.29, 1.82) is 0 Å². The number of hydrogen-bond acceptors (Lipinski definition) is 3. The Morgan fingerprint density at radius 3 is 2.00 bits per heavy atom. The van der Waals surface area contributed by atoms with Crippen molar-refractivity contribution in [2.75, 3.05) is 14.2 Å². The SMILES string of the molecule is CCc1cc(OC)c(OC)cc1CC(C)O. The van der Waals surface area contributed by atoms with Gasteiger partial charge in [-0.2, -0.15) is 0 Å². The van der Waals surface area contributed by atoms with Crippen LogP contribution < -0.4 is 9.47 Å². The molecule has 0 saturated carbocycles. The van der Waals surface area contributed by atoms with Crippen molar-refractivity contribution < 1.29 is 14.6 Å². The fourth-order valence-corrected chi connectivity index (χ4v) is 1.80. The lowest BCUT2D eigenvalue weighted by Gasteiger charge is -2.15. The van der Waals surface area contributed by atoms with Gasteiger partial charge in [0, 0.05) is 0 Å². The molecule has 0 saturated heterocycles. The molecular formula is C13H20O3. The second kappa shape index (κ2) is 5.75. The van der Waals surface area contributed by atoms with Crippen LogP contribution in [0.4, 0.5) is 0 Å². The van der Waals surface area contributed by atoms with Crippen LogP contribution in [-0.2, 0) is 12.8 Å². The molecule has 0 bridgehead atoms. The van der Waals surface area contributed by atoms with E-state index in [9.17, 15) is 5.11 Å². The minimum absolute atomic E-state index is 0.344. The maximum absolute atomic E-state index is 9.44. The largest absolute Gasteiger partial charge is 0.493 e. The van der Waals surface area contributed by atoms with Gasteiger partial charge in [0.1, 0.15) is 0 Å². The van der Waals surface area contributed by atoms with Crippen LogP contribution in [0.25, 0.3) is 0 Å². The second-order valence-electron chi connectivity index (χ2n) is 3.88. The molecule has 1 rings (SSSR count). The highest BCUT2D eigenvalue weighted by molar-refractivity contribution is 5.47. The molecule has 1 N–H and O–H groups in total. The van der Waals surface area contributed by atoms with Gasteiger partial charge in [-0.1, -0.05) is 6.92 Å². The van der Waals surface area contributed by atoms with Crippen LogP contribution in [0.5, 0.6) is 11.5 Å². The Labute approximate surface area is 97.0 Å². The Bertz CT molecular complexity index is 345. The lowest BCUT2D eigenvalue weighted by atomic mass is 9.99. The molecule has 0 aromatic heterocycles. The van der Waals surface area contributed by atoms with Crippen molar-refractivity contribution in [3.63, 3.8) is 0 Å². The summed E-state index contributed by atoms with van der Waals surface area (Å²) in [6.07, 6.45) is 1.22. The third-order valence-electron chi connectivity index (χ3n) is 2.60. The fourth-order valence-electron chi connectivity index (χ4n) is 1.80. The highest BCUT2D eigenvalue weighted by atomic mass is 16.5. The van der Waals surface area contributed by atoms with Crippen LogP contribution in [0.15, 0.2) is 12.1 Å². The number of aliphatic hydroxyl groups excluding tert-OH is 1. The van der Waals surface area contributed by atoms with E-state index in [1.165, 1.54) is 5.56 Å². The van der Waals surface area contributed by atoms with Gasteiger partial charge in [-0.15, -0.1) is 0 Å². The van der Waals surface area contributed by atoms with Gasteiger partial charge in [-0.3, -0.25) is 0 Å². The first-order valence-corrected chi connectivity index (χ1v) is 5.54.